The molecule has 4 bridgehead atoms. The summed E-state index contributed by atoms with van der Waals surface area (Å²) in [6.07, 6.45) is 8.10. The van der Waals surface area contributed by atoms with E-state index in [2.05, 4.69) is 25.2 Å². The van der Waals surface area contributed by atoms with Crippen molar-refractivity contribution in [3.63, 3.8) is 0 Å². The lowest BCUT2D eigenvalue weighted by Crippen LogP contribution is -2.63. The quantitative estimate of drug-likeness (QED) is 0.411. The monoisotopic (exact) mass is 487 g/mol. The maximum atomic E-state index is 6.71. The van der Waals surface area contributed by atoms with E-state index in [1.165, 1.54) is 38.5 Å². The molecule has 2 aromatic carbocycles. The smallest absolute Gasteiger partial charge is 0.180 e. The second-order valence-corrected chi connectivity index (χ2v) is 12.4. The van der Waals surface area contributed by atoms with Gasteiger partial charge in [0.15, 0.2) is 11.5 Å². The number of halogens is 2. The summed E-state index contributed by atoms with van der Waals surface area (Å²) in [5, 5.41) is 5.31. The van der Waals surface area contributed by atoms with Gasteiger partial charge in [0.1, 0.15) is 6.61 Å². The molecule has 4 aliphatic carbocycles. The van der Waals surface area contributed by atoms with E-state index in [4.69, 9.17) is 32.7 Å². The minimum atomic E-state index is 0.255. The van der Waals surface area contributed by atoms with Crippen molar-refractivity contribution in [3.8, 4) is 11.5 Å². The topological polar surface area (TPSA) is 30.5 Å². The van der Waals surface area contributed by atoms with Crippen molar-refractivity contribution in [1.82, 2.24) is 5.32 Å². The maximum Gasteiger partial charge on any atom is 0.180 e. The second-order valence-electron chi connectivity index (χ2n) is 11.5. The molecule has 0 heterocycles. The van der Waals surface area contributed by atoms with E-state index in [-0.39, 0.29) is 5.54 Å². The molecule has 4 saturated carbocycles. The van der Waals surface area contributed by atoms with E-state index in [0.29, 0.717) is 45.6 Å². The van der Waals surface area contributed by atoms with Crippen LogP contribution in [0, 0.1) is 16.7 Å². The molecule has 4 aliphatic rings. The van der Waals surface area contributed by atoms with Crippen molar-refractivity contribution in [2.24, 2.45) is 16.7 Å². The Morgan fingerprint density at radius 2 is 1.61 bits per heavy atom. The van der Waals surface area contributed by atoms with Gasteiger partial charge in [-0.1, -0.05) is 49.2 Å². The normalized spacial score (nSPS) is 32.2. The maximum absolute atomic E-state index is 6.71. The van der Waals surface area contributed by atoms with E-state index < -0.39 is 0 Å². The predicted molar refractivity (Wildman–Crippen MR) is 135 cm³/mol. The van der Waals surface area contributed by atoms with Gasteiger partial charge in [-0.2, -0.15) is 0 Å². The van der Waals surface area contributed by atoms with Gasteiger partial charge in [0.25, 0.3) is 0 Å². The van der Waals surface area contributed by atoms with Gasteiger partial charge in [-0.25, -0.2) is 0 Å². The zero-order chi connectivity index (χ0) is 23.3. The van der Waals surface area contributed by atoms with Crippen molar-refractivity contribution in [1.29, 1.82) is 0 Å². The molecule has 2 unspecified atom stereocenters. The average Bonchev–Trinajstić information content (AvgIpc) is 2.71. The third-order valence-corrected chi connectivity index (χ3v) is 8.49. The van der Waals surface area contributed by atoms with Gasteiger partial charge in [-0.15, -0.1) is 0 Å². The Morgan fingerprint density at radius 3 is 2.24 bits per heavy atom. The molecule has 0 saturated heterocycles. The van der Waals surface area contributed by atoms with Crippen LogP contribution in [0.4, 0.5) is 0 Å². The minimum Gasteiger partial charge on any atom is -0.490 e. The number of rotatable bonds is 8. The SMILES string of the molecule is CCOc1cc(CNC23CC4CC(C)(CC(C)(C4)C2)C3)cc(Cl)c1OCc1ccc(Cl)cc1. The molecule has 0 aromatic heterocycles. The molecule has 0 spiro atoms. The highest BCUT2D eigenvalue weighted by molar-refractivity contribution is 6.32. The van der Waals surface area contributed by atoms with Crippen LogP contribution in [0.5, 0.6) is 11.5 Å². The highest BCUT2D eigenvalue weighted by atomic mass is 35.5. The first-order valence-electron chi connectivity index (χ1n) is 12.3. The van der Waals surface area contributed by atoms with Gasteiger partial charge >= 0.3 is 0 Å². The molecule has 5 heteroatoms. The largest absolute Gasteiger partial charge is 0.490 e. The first-order valence-corrected chi connectivity index (χ1v) is 13.0. The van der Waals surface area contributed by atoms with Crippen molar-refractivity contribution < 1.29 is 9.47 Å². The first-order chi connectivity index (χ1) is 15.7. The fourth-order valence-electron chi connectivity index (χ4n) is 7.80. The van der Waals surface area contributed by atoms with Crippen LogP contribution in [0.3, 0.4) is 0 Å². The molecule has 2 aromatic rings. The van der Waals surface area contributed by atoms with E-state index in [1.807, 2.05) is 37.3 Å². The second kappa shape index (κ2) is 8.66. The molecule has 3 nitrogen and oxygen atoms in total. The fourth-order valence-corrected chi connectivity index (χ4v) is 8.21. The highest BCUT2D eigenvalue weighted by Gasteiger charge is 2.59. The summed E-state index contributed by atoms with van der Waals surface area (Å²) in [5.41, 5.74) is 3.43. The molecule has 6 rings (SSSR count). The molecule has 33 heavy (non-hydrogen) atoms. The van der Waals surface area contributed by atoms with Gasteiger partial charge in [-0.3, -0.25) is 0 Å². The molecule has 178 valence electrons. The van der Waals surface area contributed by atoms with Gasteiger partial charge < -0.3 is 14.8 Å². The standard InChI is InChI=1S/C28H35Cl2NO2/c1-4-32-24-10-20(9-23(30)25(24)33-15-19-5-7-22(29)8-6-19)14-31-28-13-21-11-26(2,17-28)16-27(3,12-21)18-28/h5-10,21,31H,4,11-18H2,1-3H3. The summed E-state index contributed by atoms with van der Waals surface area (Å²) in [6.45, 7) is 8.80. The predicted octanol–water partition coefficient (Wildman–Crippen LogP) is 7.81. The minimum absolute atomic E-state index is 0.255. The molecule has 4 fully saturated rings. The average molecular weight is 488 g/mol. The number of ether oxygens (including phenoxy) is 2. The van der Waals surface area contributed by atoms with Gasteiger partial charge in [0.05, 0.1) is 11.6 Å². The van der Waals surface area contributed by atoms with Crippen molar-refractivity contribution >= 4 is 23.2 Å². The molecular formula is C28H35Cl2NO2. The third kappa shape index (κ3) is 4.88. The van der Waals surface area contributed by atoms with Crippen molar-refractivity contribution in [3.05, 3.63) is 57.6 Å². The number of benzene rings is 2. The number of hydrogen-bond donors (Lipinski definition) is 1. The van der Waals surface area contributed by atoms with Gasteiger partial charge in [0.2, 0.25) is 0 Å². The van der Waals surface area contributed by atoms with Crippen LogP contribution in [0.1, 0.15) is 70.4 Å². The Hall–Kier alpha value is -1.42. The molecular weight excluding hydrogens is 453 g/mol. The number of hydrogen-bond acceptors (Lipinski definition) is 3. The van der Waals surface area contributed by atoms with Crippen LogP contribution in [-0.4, -0.2) is 12.1 Å². The first kappa shape index (κ1) is 23.3. The van der Waals surface area contributed by atoms with E-state index in [1.54, 1.807) is 0 Å². The Morgan fingerprint density at radius 1 is 0.909 bits per heavy atom. The number of nitrogens with one attached hydrogen (secondary N) is 1. The zero-order valence-electron chi connectivity index (χ0n) is 20.0. The van der Waals surface area contributed by atoms with Crippen LogP contribution in [0.2, 0.25) is 10.0 Å². The summed E-state index contributed by atoms with van der Waals surface area (Å²) in [4.78, 5) is 0. The summed E-state index contributed by atoms with van der Waals surface area (Å²) in [5.74, 6) is 2.18. The molecule has 2 atom stereocenters. The van der Waals surface area contributed by atoms with Gasteiger partial charge in [0, 0.05) is 17.1 Å². The Bertz CT molecular complexity index is 1000. The molecule has 0 amide bonds. The third-order valence-electron chi connectivity index (χ3n) is 7.96. The molecule has 1 N–H and O–H groups in total. The Kier molecular flexibility index (Phi) is 6.12. The molecule has 0 radical (unpaired) electrons. The van der Waals surface area contributed by atoms with Gasteiger partial charge in [-0.05, 0) is 97.6 Å². The zero-order valence-corrected chi connectivity index (χ0v) is 21.5. The van der Waals surface area contributed by atoms with Crippen LogP contribution in [0.15, 0.2) is 36.4 Å². The Labute approximate surface area is 208 Å². The van der Waals surface area contributed by atoms with E-state index >= 15 is 0 Å². The lowest BCUT2D eigenvalue weighted by atomic mass is 9.43. The lowest BCUT2D eigenvalue weighted by Gasteiger charge is -2.65. The van der Waals surface area contributed by atoms with Crippen molar-refractivity contribution in [2.45, 2.75) is 78.0 Å². The summed E-state index contributed by atoms with van der Waals surface area (Å²) in [7, 11) is 0. The summed E-state index contributed by atoms with van der Waals surface area (Å²) in [6, 6.07) is 11.8. The van der Waals surface area contributed by atoms with E-state index in [0.717, 1.165) is 23.6 Å². The van der Waals surface area contributed by atoms with Crippen LogP contribution in [0.25, 0.3) is 0 Å². The van der Waals surface area contributed by atoms with Crippen LogP contribution in [-0.2, 0) is 13.2 Å². The van der Waals surface area contributed by atoms with Crippen LogP contribution >= 0.6 is 23.2 Å². The summed E-state index contributed by atoms with van der Waals surface area (Å²) < 4.78 is 12.0. The lowest BCUT2D eigenvalue weighted by molar-refractivity contribution is -0.118. The Balaban J connectivity index is 1.31. The van der Waals surface area contributed by atoms with Crippen LogP contribution < -0.4 is 14.8 Å². The van der Waals surface area contributed by atoms with Crippen molar-refractivity contribution in [2.75, 3.05) is 6.61 Å². The van der Waals surface area contributed by atoms with E-state index in [9.17, 15) is 0 Å². The summed E-state index contributed by atoms with van der Waals surface area (Å²) >= 11 is 12.7. The highest BCUT2D eigenvalue weighted by Crippen LogP contribution is 2.66. The molecule has 0 aliphatic heterocycles. The fraction of sp³-hybridized carbons (Fsp3) is 0.571.